The van der Waals surface area contributed by atoms with Gasteiger partial charge in [0.05, 0.1) is 16.0 Å². The molecule has 0 aliphatic rings. The van der Waals surface area contributed by atoms with Gasteiger partial charge in [-0.05, 0) is 24.5 Å². The first-order valence-corrected chi connectivity index (χ1v) is 6.87. The number of nitrogens with one attached hydrogen (secondary N) is 1. The molecule has 0 aromatic heterocycles. The van der Waals surface area contributed by atoms with Crippen molar-refractivity contribution < 1.29 is 9.31 Å². The molecule has 0 bridgehead atoms. The van der Waals surface area contributed by atoms with E-state index in [1.54, 1.807) is 0 Å². The molecule has 0 radical (unpaired) electrons. The topological polar surface area (TPSA) is 55.2 Å². The summed E-state index contributed by atoms with van der Waals surface area (Å²) in [6.07, 6.45) is 1.66. The third-order valence-electron chi connectivity index (χ3n) is 3.04. The third kappa shape index (κ3) is 4.16. The lowest BCUT2D eigenvalue weighted by molar-refractivity contribution is -0.384. The lowest BCUT2D eigenvalue weighted by Crippen LogP contribution is -2.06. The molecule has 2 rings (SSSR count). The van der Waals surface area contributed by atoms with Gasteiger partial charge in [0.15, 0.2) is 0 Å². The monoisotopic (exact) mass is 308 g/mol. The highest BCUT2D eigenvalue weighted by Gasteiger charge is 2.17. The van der Waals surface area contributed by atoms with Crippen LogP contribution in [-0.4, -0.2) is 11.5 Å². The van der Waals surface area contributed by atoms with Crippen LogP contribution in [0.5, 0.6) is 0 Å². The molecule has 0 fully saturated rings. The standard InChI is InChI=1S/C15H14ClFN2O2/c16-12-9-14(15(19(20)21)10-13(12)17)18-8-4-7-11-5-2-1-3-6-11/h1-3,5-6,9-10,18H,4,7-8H2. The zero-order valence-electron chi connectivity index (χ0n) is 11.2. The van der Waals surface area contributed by atoms with Gasteiger partial charge >= 0.3 is 0 Å². The summed E-state index contributed by atoms with van der Waals surface area (Å²) in [4.78, 5) is 10.3. The van der Waals surface area contributed by atoms with Crippen LogP contribution in [0.15, 0.2) is 42.5 Å². The second-order valence-corrected chi connectivity index (χ2v) is 4.96. The zero-order valence-corrected chi connectivity index (χ0v) is 11.9. The molecule has 0 aliphatic carbocycles. The summed E-state index contributed by atoms with van der Waals surface area (Å²) in [7, 11) is 0. The Balaban J connectivity index is 1.96. The number of hydrogen-bond donors (Lipinski definition) is 1. The van der Waals surface area contributed by atoms with Crippen molar-refractivity contribution in [2.24, 2.45) is 0 Å². The Morgan fingerprint density at radius 2 is 1.95 bits per heavy atom. The first kappa shape index (κ1) is 15.3. The first-order chi connectivity index (χ1) is 10.1. The van der Waals surface area contributed by atoms with Crippen LogP contribution in [0.2, 0.25) is 5.02 Å². The molecule has 21 heavy (non-hydrogen) atoms. The van der Waals surface area contributed by atoms with Crippen molar-refractivity contribution in [3.63, 3.8) is 0 Å². The minimum Gasteiger partial charge on any atom is -0.379 e. The van der Waals surface area contributed by atoms with Crippen LogP contribution in [0, 0.1) is 15.9 Å². The van der Waals surface area contributed by atoms with E-state index in [1.165, 1.54) is 11.6 Å². The van der Waals surface area contributed by atoms with Gasteiger partial charge < -0.3 is 5.32 Å². The molecule has 0 unspecified atom stereocenters. The van der Waals surface area contributed by atoms with Gasteiger partial charge in [0.25, 0.3) is 5.69 Å². The lowest BCUT2D eigenvalue weighted by atomic mass is 10.1. The predicted octanol–water partition coefficient (Wildman–Crippen LogP) is 4.43. The van der Waals surface area contributed by atoms with Crippen molar-refractivity contribution >= 4 is 23.0 Å². The first-order valence-electron chi connectivity index (χ1n) is 6.49. The third-order valence-corrected chi connectivity index (χ3v) is 3.33. The molecule has 0 saturated heterocycles. The van der Waals surface area contributed by atoms with Crippen molar-refractivity contribution in [3.8, 4) is 0 Å². The fraction of sp³-hybridized carbons (Fsp3) is 0.200. The number of rotatable bonds is 6. The summed E-state index contributed by atoms with van der Waals surface area (Å²) in [6.45, 7) is 0.539. The lowest BCUT2D eigenvalue weighted by Gasteiger charge is -2.08. The number of nitro groups is 1. The quantitative estimate of drug-likeness (QED) is 0.488. The van der Waals surface area contributed by atoms with E-state index in [9.17, 15) is 14.5 Å². The van der Waals surface area contributed by atoms with Gasteiger partial charge in [-0.2, -0.15) is 0 Å². The number of aryl methyl sites for hydroxylation is 1. The van der Waals surface area contributed by atoms with Crippen molar-refractivity contribution in [2.75, 3.05) is 11.9 Å². The average molecular weight is 309 g/mol. The van der Waals surface area contributed by atoms with E-state index in [4.69, 9.17) is 11.6 Å². The van der Waals surface area contributed by atoms with Crippen LogP contribution in [0.1, 0.15) is 12.0 Å². The van der Waals surface area contributed by atoms with Crippen LogP contribution in [0.3, 0.4) is 0 Å². The van der Waals surface area contributed by atoms with Gasteiger partial charge in [0, 0.05) is 6.54 Å². The Kier molecular flexibility index (Phi) is 5.11. The van der Waals surface area contributed by atoms with E-state index < -0.39 is 10.7 Å². The Bertz CT molecular complexity index is 635. The number of anilines is 1. The highest BCUT2D eigenvalue weighted by atomic mass is 35.5. The van der Waals surface area contributed by atoms with Gasteiger partial charge in [0.2, 0.25) is 0 Å². The summed E-state index contributed by atoms with van der Waals surface area (Å²) < 4.78 is 13.3. The van der Waals surface area contributed by atoms with Crippen LogP contribution >= 0.6 is 11.6 Å². The molecule has 1 N–H and O–H groups in total. The smallest absolute Gasteiger partial charge is 0.295 e. The highest BCUT2D eigenvalue weighted by Crippen LogP contribution is 2.30. The normalized spacial score (nSPS) is 10.4. The Hall–Kier alpha value is -2.14. The number of halogens is 2. The predicted molar refractivity (Wildman–Crippen MR) is 81.3 cm³/mol. The molecule has 0 amide bonds. The summed E-state index contributed by atoms with van der Waals surface area (Å²) in [6, 6.07) is 12.0. The maximum absolute atomic E-state index is 13.3. The number of nitrogens with zero attached hydrogens (tertiary/aromatic N) is 1. The fourth-order valence-corrected chi connectivity index (χ4v) is 2.15. The molecule has 6 heteroatoms. The highest BCUT2D eigenvalue weighted by molar-refractivity contribution is 6.31. The van der Waals surface area contributed by atoms with Gasteiger partial charge in [-0.15, -0.1) is 0 Å². The minimum atomic E-state index is -0.793. The minimum absolute atomic E-state index is 0.133. The molecule has 4 nitrogen and oxygen atoms in total. The van der Waals surface area contributed by atoms with Gasteiger partial charge in [0.1, 0.15) is 11.5 Å². The maximum Gasteiger partial charge on any atom is 0.295 e. The zero-order chi connectivity index (χ0) is 15.2. The number of benzene rings is 2. The van der Waals surface area contributed by atoms with E-state index in [1.807, 2.05) is 30.3 Å². The van der Waals surface area contributed by atoms with Crippen molar-refractivity contribution in [2.45, 2.75) is 12.8 Å². The van der Waals surface area contributed by atoms with Crippen molar-refractivity contribution in [3.05, 3.63) is 69.0 Å². The van der Waals surface area contributed by atoms with Crippen LogP contribution < -0.4 is 5.32 Å². The molecular formula is C15H14ClFN2O2. The van der Waals surface area contributed by atoms with Gasteiger partial charge in [-0.1, -0.05) is 41.9 Å². The van der Waals surface area contributed by atoms with E-state index in [0.29, 0.717) is 6.54 Å². The SMILES string of the molecule is O=[N+]([O-])c1cc(F)c(Cl)cc1NCCCc1ccccc1. The van der Waals surface area contributed by atoms with E-state index in [-0.39, 0.29) is 16.4 Å². The van der Waals surface area contributed by atoms with Crippen LogP contribution in [-0.2, 0) is 6.42 Å². The molecule has 0 atom stereocenters. The van der Waals surface area contributed by atoms with Crippen molar-refractivity contribution in [1.82, 2.24) is 0 Å². The summed E-state index contributed by atoms with van der Waals surface area (Å²) >= 11 is 5.66. The van der Waals surface area contributed by atoms with E-state index >= 15 is 0 Å². The molecule has 0 heterocycles. The molecular weight excluding hydrogens is 295 g/mol. The Labute approximate surface area is 126 Å². The summed E-state index contributed by atoms with van der Waals surface area (Å²) in [5.41, 5.74) is 1.13. The van der Waals surface area contributed by atoms with Crippen LogP contribution in [0.4, 0.5) is 15.8 Å². The molecule has 0 saturated carbocycles. The number of nitro benzene ring substituents is 1. The molecule has 0 spiro atoms. The largest absolute Gasteiger partial charge is 0.379 e. The molecule has 0 aliphatic heterocycles. The molecule has 2 aromatic carbocycles. The van der Waals surface area contributed by atoms with Crippen LogP contribution in [0.25, 0.3) is 0 Å². The fourth-order valence-electron chi connectivity index (χ4n) is 1.99. The maximum atomic E-state index is 13.3. The number of hydrogen-bond acceptors (Lipinski definition) is 3. The van der Waals surface area contributed by atoms with E-state index in [2.05, 4.69) is 5.32 Å². The Morgan fingerprint density at radius 1 is 1.24 bits per heavy atom. The average Bonchev–Trinajstić information content (AvgIpc) is 2.47. The van der Waals surface area contributed by atoms with Gasteiger partial charge in [-0.3, -0.25) is 10.1 Å². The van der Waals surface area contributed by atoms with E-state index in [0.717, 1.165) is 18.9 Å². The second-order valence-electron chi connectivity index (χ2n) is 4.56. The van der Waals surface area contributed by atoms with Crippen molar-refractivity contribution in [1.29, 1.82) is 0 Å². The molecule has 110 valence electrons. The molecule has 2 aromatic rings. The Morgan fingerprint density at radius 3 is 2.62 bits per heavy atom. The van der Waals surface area contributed by atoms with Gasteiger partial charge in [-0.25, -0.2) is 4.39 Å². The second kappa shape index (κ2) is 7.04. The summed E-state index contributed by atoms with van der Waals surface area (Å²) in [5.74, 6) is -0.793. The summed E-state index contributed by atoms with van der Waals surface area (Å²) in [5, 5.41) is 13.7.